The van der Waals surface area contributed by atoms with Crippen molar-refractivity contribution in [3.63, 3.8) is 0 Å². The zero-order valence-corrected chi connectivity index (χ0v) is 14.6. The Morgan fingerprint density at radius 2 is 2.35 bits per heavy atom. The molecule has 2 aromatic rings. The Labute approximate surface area is 143 Å². The Hall–Kier alpha value is -0.990. The summed E-state index contributed by atoms with van der Waals surface area (Å²) >= 11 is 7.67. The third-order valence-electron chi connectivity index (χ3n) is 4.67. The summed E-state index contributed by atoms with van der Waals surface area (Å²) in [6.45, 7) is 2.45. The topological polar surface area (TPSA) is 72.2 Å². The molecule has 1 saturated heterocycles. The lowest BCUT2D eigenvalue weighted by atomic mass is 9.76. The molecule has 0 bridgehead atoms. The number of piperidine rings is 1. The average molecular weight is 355 g/mol. The minimum atomic E-state index is -0.590. The lowest BCUT2D eigenvalue weighted by Crippen LogP contribution is -2.50. The zero-order valence-electron chi connectivity index (χ0n) is 13.0. The van der Waals surface area contributed by atoms with Gasteiger partial charge in [-0.05, 0) is 19.4 Å². The first-order valence-electron chi connectivity index (χ1n) is 7.71. The van der Waals surface area contributed by atoms with E-state index in [0.29, 0.717) is 10.9 Å². The van der Waals surface area contributed by atoms with Crippen LogP contribution in [0.15, 0.2) is 12.3 Å². The molecule has 6 nitrogen and oxygen atoms in total. The van der Waals surface area contributed by atoms with Gasteiger partial charge in [0.25, 0.3) is 0 Å². The number of hydrogen-bond acceptors (Lipinski definition) is 6. The third kappa shape index (κ3) is 2.60. The van der Waals surface area contributed by atoms with E-state index in [-0.39, 0.29) is 12.1 Å². The molecule has 0 radical (unpaired) electrons. The van der Waals surface area contributed by atoms with Crippen molar-refractivity contribution in [2.45, 2.75) is 43.6 Å². The highest BCUT2D eigenvalue weighted by Crippen LogP contribution is 2.51. The number of thiophene rings is 1. The normalized spacial score (nSPS) is 33.8. The molecule has 23 heavy (non-hydrogen) atoms. The summed E-state index contributed by atoms with van der Waals surface area (Å²) in [4.78, 5) is 0.938. The molecule has 0 aliphatic carbocycles. The fraction of sp³-hybridized carbons (Fsp3) is 0.600. The van der Waals surface area contributed by atoms with Gasteiger partial charge in [-0.1, -0.05) is 16.8 Å². The Bertz CT molecular complexity index is 733. The number of ether oxygens (including phenoxy) is 1. The fourth-order valence-corrected chi connectivity index (χ4v) is 5.10. The molecule has 2 aromatic heterocycles. The first-order valence-corrected chi connectivity index (χ1v) is 8.90. The van der Waals surface area contributed by atoms with E-state index in [0.717, 1.165) is 29.0 Å². The molecule has 4 atom stereocenters. The first kappa shape index (κ1) is 15.5. The second-order valence-corrected chi connectivity index (χ2v) is 8.21. The minimum absolute atomic E-state index is 0.0641. The molecular weight excluding hydrogens is 336 g/mol. The Balaban J connectivity index is 1.74. The molecule has 2 N–H and O–H groups in total. The van der Waals surface area contributed by atoms with Crippen LogP contribution in [-0.4, -0.2) is 32.7 Å². The molecule has 2 aliphatic rings. The number of aliphatic hydroxyl groups is 1. The van der Waals surface area contributed by atoms with Crippen LogP contribution in [0.2, 0.25) is 4.34 Å². The highest BCUT2D eigenvalue weighted by molar-refractivity contribution is 7.16. The molecule has 124 valence electrons. The van der Waals surface area contributed by atoms with Crippen LogP contribution in [0.1, 0.15) is 48.0 Å². The summed E-state index contributed by atoms with van der Waals surface area (Å²) in [5.41, 5.74) is 1.52. The third-order valence-corrected chi connectivity index (χ3v) is 6.04. The molecule has 0 unspecified atom stereocenters. The van der Waals surface area contributed by atoms with Crippen molar-refractivity contribution in [3.05, 3.63) is 32.7 Å². The van der Waals surface area contributed by atoms with Gasteiger partial charge in [-0.25, -0.2) is 0 Å². The van der Waals surface area contributed by atoms with Crippen LogP contribution in [0.5, 0.6) is 0 Å². The number of hydrogen-bond donors (Lipinski definition) is 2. The molecule has 1 fully saturated rings. The van der Waals surface area contributed by atoms with Crippen molar-refractivity contribution in [1.29, 1.82) is 0 Å². The number of halogens is 1. The molecule has 8 heteroatoms. The lowest BCUT2D eigenvalue weighted by molar-refractivity contribution is -0.130. The molecule has 0 saturated carbocycles. The van der Waals surface area contributed by atoms with Crippen LogP contribution in [0, 0.1) is 0 Å². The smallest absolute Gasteiger partial charge is 0.112 e. The van der Waals surface area contributed by atoms with Gasteiger partial charge in [-0.2, -0.15) is 0 Å². The maximum atomic E-state index is 10.2. The van der Waals surface area contributed by atoms with Gasteiger partial charge in [-0.3, -0.25) is 4.68 Å². The van der Waals surface area contributed by atoms with Gasteiger partial charge < -0.3 is 15.2 Å². The van der Waals surface area contributed by atoms with E-state index >= 15 is 0 Å². The van der Waals surface area contributed by atoms with Crippen molar-refractivity contribution in [3.8, 4) is 0 Å². The van der Waals surface area contributed by atoms with E-state index in [1.165, 1.54) is 11.3 Å². The molecule has 1 spiro atoms. The van der Waals surface area contributed by atoms with Crippen molar-refractivity contribution < 1.29 is 9.84 Å². The van der Waals surface area contributed by atoms with Crippen LogP contribution in [0.3, 0.4) is 0 Å². The van der Waals surface area contributed by atoms with Crippen LogP contribution in [0.25, 0.3) is 0 Å². The summed E-state index contributed by atoms with van der Waals surface area (Å²) in [7, 11) is 1.86. The number of rotatable bonds is 1. The van der Waals surface area contributed by atoms with Gasteiger partial charge >= 0.3 is 0 Å². The van der Waals surface area contributed by atoms with Crippen LogP contribution < -0.4 is 5.32 Å². The maximum Gasteiger partial charge on any atom is 0.112 e. The molecular formula is C15H19ClN4O2S. The van der Waals surface area contributed by atoms with Crippen molar-refractivity contribution in [2.75, 3.05) is 6.61 Å². The van der Waals surface area contributed by atoms with Gasteiger partial charge in [-0.15, -0.1) is 16.4 Å². The van der Waals surface area contributed by atoms with E-state index in [9.17, 15) is 5.11 Å². The summed E-state index contributed by atoms with van der Waals surface area (Å²) in [5.74, 6) is 0. The summed E-state index contributed by atoms with van der Waals surface area (Å²) in [6.07, 6.45) is 2.94. The maximum absolute atomic E-state index is 10.2. The molecule has 2 aliphatic heterocycles. The monoisotopic (exact) mass is 354 g/mol. The Kier molecular flexibility index (Phi) is 3.73. The number of nitrogens with zero attached hydrogens (tertiary/aromatic N) is 3. The van der Waals surface area contributed by atoms with E-state index in [1.807, 2.05) is 19.3 Å². The highest BCUT2D eigenvalue weighted by Gasteiger charge is 2.48. The Morgan fingerprint density at radius 3 is 3.09 bits per heavy atom. The Morgan fingerprint density at radius 1 is 1.52 bits per heavy atom. The fourth-order valence-electron chi connectivity index (χ4n) is 3.79. The molecule has 4 heterocycles. The van der Waals surface area contributed by atoms with Gasteiger partial charge in [0.15, 0.2) is 0 Å². The van der Waals surface area contributed by atoms with E-state index in [1.54, 1.807) is 4.68 Å². The second-order valence-electron chi connectivity index (χ2n) is 6.50. The van der Waals surface area contributed by atoms with Crippen LogP contribution >= 0.6 is 22.9 Å². The first-order chi connectivity index (χ1) is 11.0. The van der Waals surface area contributed by atoms with Crippen molar-refractivity contribution in [1.82, 2.24) is 20.3 Å². The number of fused-ring (bicyclic) bond motifs is 2. The standard InChI is InChI=1S/C15H19ClN4O2S/c1-8-4-15(5-10(17-8)11-6-20(2)19-18-11)9-3-13(16)23-14(9)12(21)7-22-15/h3,6,8,10,12,17,21H,4-5,7H2,1-2H3/t8-,10-,12+,15-/m0/s1. The van der Waals surface area contributed by atoms with Gasteiger partial charge in [0, 0.05) is 36.1 Å². The number of aliphatic hydroxyl groups excluding tert-OH is 1. The summed E-state index contributed by atoms with van der Waals surface area (Å²) in [6, 6.07) is 2.28. The number of aryl methyl sites for hydroxylation is 1. The number of nitrogens with one attached hydrogen (secondary N) is 1. The largest absolute Gasteiger partial charge is 0.385 e. The van der Waals surface area contributed by atoms with E-state index in [4.69, 9.17) is 16.3 Å². The summed E-state index contributed by atoms with van der Waals surface area (Å²) in [5, 5.41) is 22.1. The SMILES string of the molecule is C[C@H]1C[C@@]2(C[C@@H](c3cn(C)nn3)N1)OC[C@@H](O)c1sc(Cl)cc12. The lowest BCUT2D eigenvalue weighted by Gasteiger charge is -2.46. The van der Waals surface area contributed by atoms with Gasteiger partial charge in [0.2, 0.25) is 0 Å². The van der Waals surface area contributed by atoms with Gasteiger partial charge in [0.05, 0.1) is 28.3 Å². The predicted molar refractivity (Wildman–Crippen MR) is 87.5 cm³/mol. The molecule has 0 aromatic carbocycles. The van der Waals surface area contributed by atoms with Crippen LogP contribution in [-0.2, 0) is 17.4 Å². The van der Waals surface area contributed by atoms with Crippen molar-refractivity contribution in [2.24, 2.45) is 7.05 Å². The van der Waals surface area contributed by atoms with E-state index in [2.05, 4.69) is 22.6 Å². The highest BCUT2D eigenvalue weighted by atomic mass is 35.5. The summed E-state index contributed by atoms with van der Waals surface area (Å²) < 4.78 is 8.60. The minimum Gasteiger partial charge on any atom is -0.385 e. The quantitative estimate of drug-likeness (QED) is 0.822. The zero-order chi connectivity index (χ0) is 16.2. The van der Waals surface area contributed by atoms with E-state index < -0.39 is 11.7 Å². The second kappa shape index (κ2) is 5.53. The van der Waals surface area contributed by atoms with Crippen LogP contribution in [0.4, 0.5) is 0 Å². The van der Waals surface area contributed by atoms with Crippen molar-refractivity contribution >= 4 is 22.9 Å². The molecule has 4 rings (SSSR count). The predicted octanol–water partition coefficient (Wildman–Crippen LogP) is 2.30. The number of aromatic nitrogens is 3. The average Bonchev–Trinajstić information content (AvgIpc) is 3.10. The van der Waals surface area contributed by atoms with Gasteiger partial charge in [0.1, 0.15) is 6.10 Å². The molecule has 0 amide bonds.